The van der Waals surface area contributed by atoms with E-state index < -0.39 is 24.4 Å². The van der Waals surface area contributed by atoms with Crippen molar-refractivity contribution in [3.05, 3.63) is 63.3 Å². The van der Waals surface area contributed by atoms with Crippen molar-refractivity contribution >= 4 is 45.5 Å². The highest BCUT2D eigenvalue weighted by Crippen LogP contribution is 2.39. The lowest BCUT2D eigenvalue weighted by molar-refractivity contribution is -0.119. The van der Waals surface area contributed by atoms with Crippen molar-refractivity contribution in [1.29, 1.82) is 0 Å². The van der Waals surface area contributed by atoms with Crippen LogP contribution in [0.2, 0.25) is 0 Å². The molecule has 2 aromatic heterocycles. The second kappa shape index (κ2) is 7.57. The van der Waals surface area contributed by atoms with Crippen molar-refractivity contribution in [1.82, 2.24) is 0 Å². The van der Waals surface area contributed by atoms with E-state index >= 15 is 0 Å². The molecule has 3 aromatic rings. The molecule has 1 aliphatic carbocycles. The van der Waals surface area contributed by atoms with Crippen LogP contribution in [-0.2, 0) is 22.4 Å². The maximum atomic E-state index is 12.4. The fourth-order valence-electron chi connectivity index (χ4n) is 3.14. The van der Waals surface area contributed by atoms with Crippen molar-refractivity contribution in [2.45, 2.75) is 12.8 Å². The van der Waals surface area contributed by atoms with E-state index in [9.17, 15) is 14.4 Å². The molecule has 8 heteroatoms. The lowest BCUT2D eigenvalue weighted by Gasteiger charge is -2.15. The van der Waals surface area contributed by atoms with E-state index in [1.54, 1.807) is 5.38 Å². The van der Waals surface area contributed by atoms with Crippen LogP contribution in [0.5, 0.6) is 0 Å². The van der Waals surface area contributed by atoms with Crippen molar-refractivity contribution < 1.29 is 19.1 Å². The normalized spacial score (nSPS) is 12.0. The highest BCUT2D eigenvalue weighted by molar-refractivity contribution is 7.17. The van der Waals surface area contributed by atoms with Gasteiger partial charge in [0.15, 0.2) is 6.61 Å². The number of primary amides is 1. The van der Waals surface area contributed by atoms with Gasteiger partial charge in [0.2, 0.25) is 0 Å². The third kappa shape index (κ3) is 3.56. The summed E-state index contributed by atoms with van der Waals surface area (Å²) in [4.78, 5) is 37.3. The molecule has 0 atom stereocenters. The minimum atomic E-state index is -0.627. The predicted molar refractivity (Wildman–Crippen MR) is 109 cm³/mol. The molecule has 0 fully saturated rings. The largest absolute Gasteiger partial charge is 0.451 e. The van der Waals surface area contributed by atoms with Gasteiger partial charge in [-0.05, 0) is 47.0 Å². The molecule has 2 heterocycles. The van der Waals surface area contributed by atoms with Crippen LogP contribution in [0.3, 0.4) is 0 Å². The summed E-state index contributed by atoms with van der Waals surface area (Å²) >= 11 is 2.56. The number of anilines is 1. The number of benzene rings is 1. The summed E-state index contributed by atoms with van der Waals surface area (Å²) in [5, 5.41) is 4.54. The first-order valence-corrected chi connectivity index (χ1v) is 10.3. The number of hydrogen-bond acceptors (Lipinski definition) is 6. The van der Waals surface area contributed by atoms with Crippen LogP contribution >= 0.6 is 22.7 Å². The highest BCUT2D eigenvalue weighted by atomic mass is 32.1. The Bertz CT molecular complexity index is 1080. The molecule has 0 bridgehead atoms. The minimum Gasteiger partial charge on any atom is -0.451 e. The van der Waals surface area contributed by atoms with Crippen LogP contribution < -0.4 is 11.1 Å². The van der Waals surface area contributed by atoms with Crippen LogP contribution in [0.25, 0.3) is 10.4 Å². The minimum absolute atomic E-state index is 0.231. The molecule has 142 valence electrons. The second-order valence-electron chi connectivity index (χ2n) is 6.27. The highest BCUT2D eigenvalue weighted by Gasteiger charge is 2.22. The summed E-state index contributed by atoms with van der Waals surface area (Å²) in [5.74, 6) is -1.68. The fourth-order valence-corrected chi connectivity index (χ4v) is 5.11. The van der Waals surface area contributed by atoms with Crippen molar-refractivity contribution in [3.63, 3.8) is 0 Å². The van der Waals surface area contributed by atoms with Gasteiger partial charge in [-0.25, -0.2) is 4.79 Å². The van der Waals surface area contributed by atoms with Gasteiger partial charge in [-0.2, -0.15) is 0 Å². The average Bonchev–Trinajstić information content (AvgIpc) is 3.33. The van der Waals surface area contributed by atoms with E-state index in [2.05, 4.69) is 17.4 Å². The molecule has 6 nitrogen and oxygen atoms in total. The van der Waals surface area contributed by atoms with Gasteiger partial charge in [0.1, 0.15) is 9.88 Å². The van der Waals surface area contributed by atoms with Gasteiger partial charge in [0.05, 0.1) is 5.56 Å². The van der Waals surface area contributed by atoms with Crippen molar-refractivity contribution in [3.8, 4) is 10.4 Å². The van der Waals surface area contributed by atoms with Gasteiger partial charge in [0.25, 0.3) is 11.8 Å². The van der Waals surface area contributed by atoms with Gasteiger partial charge in [-0.1, -0.05) is 24.3 Å². The second-order valence-corrected chi connectivity index (χ2v) is 8.24. The predicted octanol–water partition coefficient (Wildman–Crippen LogP) is 3.47. The van der Waals surface area contributed by atoms with Gasteiger partial charge in [0, 0.05) is 4.88 Å². The number of esters is 1. The number of hydrogen-bond donors (Lipinski definition) is 2. The molecule has 0 saturated heterocycles. The lowest BCUT2D eigenvalue weighted by atomic mass is 9.91. The van der Waals surface area contributed by atoms with E-state index in [1.165, 1.54) is 34.3 Å². The average molecular weight is 412 g/mol. The summed E-state index contributed by atoms with van der Waals surface area (Å²) in [6.07, 6.45) is 1.82. The lowest BCUT2D eigenvalue weighted by Crippen LogP contribution is -2.22. The molecule has 0 spiro atoms. The van der Waals surface area contributed by atoms with E-state index in [-0.39, 0.29) is 5.56 Å². The number of fused-ring (bicyclic) bond motifs is 3. The molecule has 28 heavy (non-hydrogen) atoms. The summed E-state index contributed by atoms with van der Waals surface area (Å²) in [6, 6.07) is 11.5. The van der Waals surface area contributed by atoms with Crippen molar-refractivity contribution in [2.75, 3.05) is 11.9 Å². The molecule has 0 unspecified atom stereocenters. The Balaban J connectivity index is 1.41. The number of amides is 2. The zero-order chi connectivity index (χ0) is 19.7. The first kappa shape index (κ1) is 18.4. The van der Waals surface area contributed by atoms with Gasteiger partial charge in [-0.15, -0.1) is 22.7 Å². The number of carbonyl (C=O) groups excluding carboxylic acids is 3. The summed E-state index contributed by atoms with van der Waals surface area (Å²) in [6.45, 7) is -0.436. The molecule has 0 saturated carbocycles. The first-order chi connectivity index (χ1) is 13.5. The zero-order valence-electron chi connectivity index (χ0n) is 14.7. The Morgan fingerprint density at radius 2 is 1.89 bits per heavy atom. The number of aryl methyl sites for hydroxylation is 2. The van der Waals surface area contributed by atoms with Crippen LogP contribution in [0, 0.1) is 0 Å². The number of nitrogens with one attached hydrogen (secondary N) is 1. The van der Waals surface area contributed by atoms with Crippen LogP contribution in [0.15, 0.2) is 41.8 Å². The molecule has 4 rings (SSSR count). The smallest absolute Gasteiger partial charge is 0.348 e. The van der Waals surface area contributed by atoms with E-state index in [0.717, 1.165) is 28.8 Å². The van der Waals surface area contributed by atoms with Crippen LogP contribution in [0.1, 0.15) is 31.2 Å². The molecule has 1 aliphatic rings. The summed E-state index contributed by atoms with van der Waals surface area (Å²) in [7, 11) is 0. The third-order valence-corrected chi connectivity index (χ3v) is 6.47. The van der Waals surface area contributed by atoms with Gasteiger partial charge < -0.3 is 15.8 Å². The number of rotatable bonds is 5. The number of carbonyl (C=O) groups is 3. The summed E-state index contributed by atoms with van der Waals surface area (Å²) < 4.78 is 5.15. The maximum absolute atomic E-state index is 12.4. The number of ether oxygens (including phenoxy) is 1. The first-order valence-electron chi connectivity index (χ1n) is 8.58. The maximum Gasteiger partial charge on any atom is 0.348 e. The van der Waals surface area contributed by atoms with E-state index in [1.807, 2.05) is 18.2 Å². The third-order valence-electron chi connectivity index (χ3n) is 4.45. The quantitative estimate of drug-likeness (QED) is 0.627. The van der Waals surface area contributed by atoms with Crippen LogP contribution in [0.4, 0.5) is 5.00 Å². The zero-order valence-corrected chi connectivity index (χ0v) is 16.3. The summed E-state index contributed by atoms with van der Waals surface area (Å²) in [5.41, 5.74) is 9.04. The SMILES string of the molecule is NC(=O)c1ccsc1NC(=O)COC(=O)c1cc2c(s1)-c1ccccc1CC2. The molecular formula is C20H16N2O4S2. The van der Waals surface area contributed by atoms with Crippen molar-refractivity contribution in [2.24, 2.45) is 5.73 Å². The molecule has 2 amide bonds. The number of thiophene rings is 2. The Kier molecular flexibility index (Phi) is 4.97. The molecular weight excluding hydrogens is 396 g/mol. The fraction of sp³-hybridized carbons (Fsp3) is 0.150. The van der Waals surface area contributed by atoms with E-state index in [4.69, 9.17) is 10.5 Å². The Morgan fingerprint density at radius 3 is 2.71 bits per heavy atom. The van der Waals surface area contributed by atoms with Gasteiger partial charge >= 0.3 is 5.97 Å². The topological polar surface area (TPSA) is 98.5 Å². The Labute approximate surface area is 168 Å². The molecule has 1 aromatic carbocycles. The van der Waals surface area contributed by atoms with Crippen LogP contribution in [-0.4, -0.2) is 24.4 Å². The number of nitrogens with two attached hydrogens (primary N) is 1. The van der Waals surface area contributed by atoms with Gasteiger partial charge in [-0.3, -0.25) is 9.59 Å². The Hall–Kier alpha value is -2.97. The molecule has 3 N–H and O–H groups in total. The van der Waals surface area contributed by atoms with E-state index in [0.29, 0.717) is 9.88 Å². The Morgan fingerprint density at radius 1 is 1.11 bits per heavy atom. The monoisotopic (exact) mass is 412 g/mol. The molecule has 0 radical (unpaired) electrons. The standard InChI is InChI=1S/C20H16N2O4S2/c21-18(24)14-7-8-27-19(14)22-16(23)10-26-20(25)15-9-12-6-5-11-3-1-2-4-13(11)17(12)28-15/h1-4,7-9H,5-6,10H2,(H2,21,24)(H,22,23). The molecule has 0 aliphatic heterocycles.